The number of hydrogen-bond donors (Lipinski definition) is 0. The zero-order valence-corrected chi connectivity index (χ0v) is 18.5. The number of nitro groups is 2. The third-order valence-electron chi connectivity index (χ3n) is 5.62. The molecule has 1 amide bonds. The van der Waals surface area contributed by atoms with Gasteiger partial charge in [-0.25, -0.2) is 0 Å². The molecule has 11 heteroatoms. The number of benzene rings is 3. The van der Waals surface area contributed by atoms with E-state index in [1.165, 1.54) is 31.4 Å². The van der Waals surface area contributed by atoms with E-state index in [1.807, 2.05) is 30.3 Å². The number of nitrogens with zero attached hydrogens (tertiary/aromatic N) is 3. The highest BCUT2D eigenvalue weighted by Gasteiger charge is 2.38. The number of carbonyl (C=O) groups excluding carboxylic acids is 2. The van der Waals surface area contributed by atoms with Crippen molar-refractivity contribution in [3.05, 3.63) is 97.6 Å². The highest BCUT2D eigenvalue weighted by atomic mass is 16.6. The van der Waals surface area contributed by atoms with E-state index in [0.29, 0.717) is 11.8 Å². The molecule has 178 valence electrons. The Morgan fingerprint density at radius 2 is 1.80 bits per heavy atom. The van der Waals surface area contributed by atoms with Crippen LogP contribution >= 0.6 is 0 Å². The molecule has 3 aromatic rings. The van der Waals surface area contributed by atoms with Gasteiger partial charge in [0.2, 0.25) is 0 Å². The molecule has 0 fully saturated rings. The summed E-state index contributed by atoms with van der Waals surface area (Å²) in [6.07, 6.45) is 0.663. The lowest BCUT2D eigenvalue weighted by atomic mass is 10.1. The summed E-state index contributed by atoms with van der Waals surface area (Å²) in [7, 11) is 1.33. The smallest absolute Gasteiger partial charge is 0.286 e. The molecule has 0 aliphatic carbocycles. The van der Waals surface area contributed by atoms with Crippen molar-refractivity contribution < 1.29 is 28.9 Å². The molecule has 0 saturated heterocycles. The van der Waals surface area contributed by atoms with E-state index < -0.39 is 27.5 Å². The Kier molecular flexibility index (Phi) is 6.40. The van der Waals surface area contributed by atoms with Gasteiger partial charge in [-0.15, -0.1) is 0 Å². The molecule has 0 bridgehead atoms. The van der Waals surface area contributed by atoms with Crippen molar-refractivity contribution in [3.63, 3.8) is 0 Å². The maximum atomic E-state index is 13.5. The van der Waals surface area contributed by atoms with E-state index in [9.17, 15) is 29.8 Å². The summed E-state index contributed by atoms with van der Waals surface area (Å²) >= 11 is 0. The minimum Gasteiger partial charge on any atom is -0.493 e. The molecule has 0 unspecified atom stereocenters. The Bertz CT molecular complexity index is 1330. The van der Waals surface area contributed by atoms with Gasteiger partial charge in [0, 0.05) is 24.6 Å². The molecular formula is C24H19N3O8. The van der Waals surface area contributed by atoms with Crippen LogP contribution in [0.3, 0.4) is 0 Å². The van der Waals surface area contributed by atoms with Crippen molar-refractivity contribution in [1.82, 2.24) is 0 Å². The third kappa shape index (κ3) is 4.51. The molecule has 0 aromatic heterocycles. The monoisotopic (exact) mass is 477 g/mol. The van der Waals surface area contributed by atoms with Gasteiger partial charge in [0.05, 0.1) is 34.8 Å². The maximum absolute atomic E-state index is 13.5. The van der Waals surface area contributed by atoms with Crippen LogP contribution in [-0.4, -0.2) is 35.2 Å². The molecule has 3 aromatic carbocycles. The van der Waals surface area contributed by atoms with Crippen LogP contribution in [0.2, 0.25) is 0 Å². The molecule has 1 atom stereocenters. The van der Waals surface area contributed by atoms with Crippen LogP contribution in [0.15, 0.2) is 60.7 Å². The van der Waals surface area contributed by atoms with E-state index >= 15 is 0 Å². The van der Waals surface area contributed by atoms with E-state index in [0.717, 1.165) is 16.5 Å². The number of non-ortho nitro benzene ring substituents is 1. The van der Waals surface area contributed by atoms with Crippen molar-refractivity contribution in [1.29, 1.82) is 0 Å². The average Bonchev–Trinajstić information content (AvgIpc) is 3.24. The van der Waals surface area contributed by atoms with Gasteiger partial charge >= 0.3 is 0 Å². The minimum absolute atomic E-state index is 0.0593. The number of carbonyl (C=O) groups is 2. The van der Waals surface area contributed by atoms with Gasteiger partial charge in [-0.05, 0) is 11.1 Å². The van der Waals surface area contributed by atoms with E-state index in [-0.39, 0.29) is 41.5 Å². The van der Waals surface area contributed by atoms with Gasteiger partial charge < -0.3 is 14.3 Å². The van der Waals surface area contributed by atoms with Gasteiger partial charge in [0.25, 0.3) is 17.3 Å². The number of ether oxygens (including phenoxy) is 2. The molecule has 11 nitrogen and oxygen atoms in total. The Morgan fingerprint density at radius 3 is 2.43 bits per heavy atom. The summed E-state index contributed by atoms with van der Waals surface area (Å²) < 4.78 is 11.0. The molecule has 0 spiro atoms. The van der Waals surface area contributed by atoms with Crippen LogP contribution < -0.4 is 14.4 Å². The molecule has 0 N–H and O–H groups in total. The molecule has 1 aliphatic heterocycles. The number of rotatable bonds is 8. The maximum Gasteiger partial charge on any atom is 0.286 e. The van der Waals surface area contributed by atoms with Gasteiger partial charge in [-0.1, -0.05) is 36.4 Å². The van der Waals surface area contributed by atoms with Crippen molar-refractivity contribution in [2.75, 3.05) is 12.0 Å². The second kappa shape index (κ2) is 9.59. The van der Waals surface area contributed by atoms with E-state index in [2.05, 4.69) is 0 Å². The van der Waals surface area contributed by atoms with Crippen LogP contribution in [0, 0.1) is 20.2 Å². The molecule has 1 heterocycles. The van der Waals surface area contributed by atoms with E-state index in [4.69, 9.17) is 9.47 Å². The summed E-state index contributed by atoms with van der Waals surface area (Å²) in [6.45, 7) is 0.109. The number of aldehydes is 1. The minimum atomic E-state index is -0.973. The number of amides is 1. The Morgan fingerprint density at radius 1 is 1.06 bits per heavy atom. The number of fused-ring (bicyclic) bond motifs is 1. The molecule has 1 aliphatic rings. The van der Waals surface area contributed by atoms with E-state index in [1.54, 1.807) is 0 Å². The quantitative estimate of drug-likeness (QED) is 0.270. The lowest BCUT2D eigenvalue weighted by Crippen LogP contribution is -2.39. The van der Waals surface area contributed by atoms with Crippen molar-refractivity contribution in [2.45, 2.75) is 19.1 Å². The van der Waals surface area contributed by atoms with Gasteiger partial charge in [0.15, 0.2) is 11.5 Å². The second-order valence-electron chi connectivity index (χ2n) is 7.70. The van der Waals surface area contributed by atoms with Crippen molar-refractivity contribution >= 4 is 29.3 Å². The zero-order valence-electron chi connectivity index (χ0n) is 18.5. The summed E-state index contributed by atoms with van der Waals surface area (Å²) in [6, 6.07) is 14.3. The van der Waals surface area contributed by atoms with Crippen molar-refractivity contribution in [2.24, 2.45) is 0 Å². The summed E-state index contributed by atoms with van der Waals surface area (Å²) in [5, 5.41) is 23.1. The van der Waals surface area contributed by atoms with Crippen LogP contribution in [0.4, 0.5) is 17.1 Å². The van der Waals surface area contributed by atoms with Gasteiger partial charge in [0.1, 0.15) is 18.5 Å². The normalized spacial score (nSPS) is 14.2. The SMILES string of the molecule is COc1cc(C(=O)N2c3cc([N+](=O)[O-])ccc3C[C@H]2C=O)c([N+](=O)[O-])cc1OCc1ccccc1. The standard InChI is InChI=1S/C24H19N3O8/c1-34-22-11-19(21(27(32)33)12-23(22)35-14-15-5-3-2-4-6-15)24(29)25-18(13-28)9-16-7-8-17(26(30)31)10-20(16)25/h2-8,10-13,18H,9,14H2,1H3/t18-/m0/s1. The topological polar surface area (TPSA) is 142 Å². The third-order valence-corrected chi connectivity index (χ3v) is 5.62. The number of methoxy groups -OCH3 is 1. The summed E-state index contributed by atoms with van der Waals surface area (Å²) in [5.74, 6) is -0.721. The van der Waals surface area contributed by atoms with Crippen LogP contribution in [-0.2, 0) is 17.8 Å². The summed E-state index contributed by atoms with van der Waals surface area (Å²) in [4.78, 5) is 48.1. The first kappa shape index (κ1) is 23.4. The average molecular weight is 477 g/mol. The number of anilines is 1. The molecule has 0 saturated carbocycles. The zero-order chi connectivity index (χ0) is 25.1. The number of nitro benzene ring substituents is 2. The highest BCUT2D eigenvalue weighted by molar-refractivity contribution is 6.12. The Labute approximate surface area is 198 Å². The largest absolute Gasteiger partial charge is 0.493 e. The lowest BCUT2D eigenvalue weighted by molar-refractivity contribution is -0.385. The van der Waals surface area contributed by atoms with Crippen LogP contribution in [0.1, 0.15) is 21.5 Å². The fourth-order valence-electron chi connectivity index (χ4n) is 3.94. The predicted molar refractivity (Wildman–Crippen MR) is 124 cm³/mol. The number of hydrogen-bond acceptors (Lipinski definition) is 8. The first-order valence-corrected chi connectivity index (χ1v) is 10.4. The fraction of sp³-hybridized carbons (Fsp3) is 0.167. The molecule has 35 heavy (non-hydrogen) atoms. The summed E-state index contributed by atoms with van der Waals surface area (Å²) in [5.41, 5.74) is 0.344. The Hall–Kier alpha value is -4.80. The molecule has 0 radical (unpaired) electrons. The lowest BCUT2D eigenvalue weighted by Gasteiger charge is -2.22. The fourth-order valence-corrected chi connectivity index (χ4v) is 3.94. The highest BCUT2D eigenvalue weighted by Crippen LogP contribution is 2.40. The van der Waals surface area contributed by atoms with Gasteiger partial charge in [-0.3, -0.25) is 29.9 Å². The first-order chi connectivity index (χ1) is 16.8. The Balaban J connectivity index is 1.75. The van der Waals surface area contributed by atoms with Gasteiger partial charge in [-0.2, -0.15) is 0 Å². The predicted octanol–water partition coefficient (Wildman–Crippen LogP) is 3.86. The second-order valence-corrected chi connectivity index (χ2v) is 7.70. The first-order valence-electron chi connectivity index (χ1n) is 10.4. The van der Waals surface area contributed by atoms with Crippen molar-refractivity contribution in [3.8, 4) is 11.5 Å². The van der Waals surface area contributed by atoms with Crippen LogP contribution in [0.25, 0.3) is 0 Å². The molecule has 4 rings (SSSR count). The van der Waals surface area contributed by atoms with Crippen LogP contribution in [0.5, 0.6) is 11.5 Å². The molecular weight excluding hydrogens is 458 g/mol.